The van der Waals surface area contributed by atoms with Gasteiger partial charge in [-0.25, -0.2) is 0 Å². The number of nitrogens with zero attached hydrogens (tertiary/aromatic N) is 1. The molecule has 1 aliphatic rings. The quantitative estimate of drug-likeness (QED) is 0.777. The summed E-state index contributed by atoms with van der Waals surface area (Å²) in [5.74, 6) is -0.295. The molecule has 6 heteroatoms. The van der Waals surface area contributed by atoms with E-state index in [-0.39, 0.29) is 30.1 Å². The van der Waals surface area contributed by atoms with Crippen molar-refractivity contribution in [2.24, 2.45) is 0 Å². The van der Waals surface area contributed by atoms with Crippen molar-refractivity contribution >= 4 is 23.3 Å². The second kappa shape index (κ2) is 8.59. The van der Waals surface area contributed by atoms with Gasteiger partial charge in [-0.3, -0.25) is 14.4 Å². The first-order valence-electron chi connectivity index (χ1n) is 8.23. The third-order valence-electron chi connectivity index (χ3n) is 4.05. The molecule has 0 bridgehead atoms. The second-order valence-corrected chi connectivity index (χ2v) is 6.04. The molecule has 2 rings (SSSR count). The molecule has 0 saturated carbocycles. The van der Waals surface area contributed by atoms with Gasteiger partial charge in [-0.1, -0.05) is 12.1 Å². The van der Waals surface area contributed by atoms with E-state index in [4.69, 9.17) is 4.74 Å². The van der Waals surface area contributed by atoms with E-state index >= 15 is 0 Å². The highest BCUT2D eigenvalue weighted by molar-refractivity contribution is 5.97. The maximum atomic E-state index is 12.1. The van der Waals surface area contributed by atoms with E-state index in [1.807, 2.05) is 0 Å². The number of benzene rings is 1. The van der Waals surface area contributed by atoms with Crippen LogP contribution >= 0.6 is 0 Å². The van der Waals surface area contributed by atoms with E-state index < -0.39 is 0 Å². The number of ether oxygens (including phenoxy) is 1. The topological polar surface area (TPSA) is 75.7 Å². The Morgan fingerprint density at radius 1 is 1.29 bits per heavy atom. The van der Waals surface area contributed by atoms with Crippen molar-refractivity contribution in [3.05, 3.63) is 29.8 Å². The Hall–Kier alpha value is -2.21. The van der Waals surface area contributed by atoms with Crippen LogP contribution in [-0.4, -0.2) is 48.3 Å². The fourth-order valence-electron chi connectivity index (χ4n) is 2.69. The first-order valence-corrected chi connectivity index (χ1v) is 8.23. The molecule has 0 radical (unpaired) electrons. The predicted octanol–water partition coefficient (Wildman–Crippen LogP) is 2.25. The van der Waals surface area contributed by atoms with Gasteiger partial charge in [0.05, 0.1) is 6.10 Å². The smallest absolute Gasteiger partial charge is 0.226 e. The lowest BCUT2D eigenvalue weighted by atomic mass is 10.1. The monoisotopic (exact) mass is 332 g/mol. The number of Topliss-reactive ketones (excluding diaryl/α,β-unsaturated/α-hetero) is 1. The van der Waals surface area contributed by atoms with Gasteiger partial charge in [0.15, 0.2) is 5.78 Å². The van der Waals surface area contributed by atoms with Crippen LogP contribution < -0.4 is 5.32 Å². The SMILES string of the molecule is CC(=O)c1cccc(NC(=O)CCN(CC2CCCO2)C(C)=O)c1. The van der Waals surface area contributed by atoms with Crippen molar-refractivity contribution in [2.75, 3.05) is 25.0 Å². The molecule has 1 N–H and O–H groups in total. The molecule has 130 valence electrons. The zero-order valence-corrected chi connectivity index (χ0v) is 14.2. The van der Waals surface area contributed by atoms with Gasteiger partial charge in [-0.05, 0) is 31.9 Å². The lowest BCUT2D eigenvalue weighted by Gasteiger charge is -2.23. The molecule has 0 aliphatic carbocycles. The first-order chi connectivity index (χ1) is 11.5. The standard InChI is InChI=1S/C18H24N2O4/c1-13(21)15-5-3-6-16(11-15)19-18(23)8-9-20(14(2)22)12-17-7-4-10-24-17/h3,5-6,11,17H,4,7-10,12H2,1-2H3,(H,19,23). The zero-order valence-electron chi connectivity index (χ0n) is 14.2. The normalized spacial score (nSPS) is 16.7. The average Bonchev–Trinajstić information content (AvgIpc) is 3.04. The number of amides is 2. The van der Waals surface area contributed by atoms with Crippen molar-refractivity contribution in [1.82, 2.24) is 4.90 Å². The summed E-state index contributed by atoms with van der Waals surface area (Å²) in [5, 5.41) is 2.76. The Balaban J connectivity index is 1.85. The summed E-state index contributed by atoms with van der Waals surface area (Å²) in [4.78, 5) is 36.8. The molecule has 2 amide bonds. The molecule has 0 spiro atoms. The Bertz CT molecular complexity index is 609. The summed E-state index contributed by atoms with van der Waals surface area (Å²) < 4.78 is 5.55. The maximum absolute atomic E-state index is 12.1. The fourth-order valence-corrected chi connectivity index (χ4v) is 2.69. The number of ketones is 1. The van der Waals surface area contributed by atoms with E-state index in [2.05, 4.69) is 5.32 Å². The molecule has 1 aromatic rings. The summed E-state index contributed by atoms with van der Waals surface area (Å²) in [5.41, 5.74) is 1.14. The molecule has 24 heavy (non-hydrogen) atoms. The molecule has 1 aromatic carbocycles. The van der Waals surface area contributed by atoms with Crippen molar-refractivity contribution in [1.29, 1.82) is 0 Å². The van der Waals surface area contributed by atoms with Crippen LogP contribution in [-0.2, 0) is 14.3 Å². The number of nitrogens with one attached hydrogen (secondary N) is 1. The lowest BCUT2D eigenvalue weighted by molar-refractivity contribution is -0.130. The van der Waals surface area contributed by atoms with Crippen LogP contribution in [0.25, 0.3) is 0 Å². The Kier molecular flexibility index (Phi) is 6.49. The summed E-state index contributed by atoms with van der Waals surface area (Å²) in [6, 6.07) is 6.82. The molecule has 1 atom stereocenters. The molecule has 1 saturated heterocycles. The first kappa shape index (κ1) is 18.1. The number of anilines is 1. The van der Waals surface area contributed by atoms with Crippen molar-refractivity contribution < 1.29 is 19.1 Å². The average molecular weight is 332 g/mol. The molecule has 1 fully saturated rings. The van der Waals surface area contributed by atoms with Crippen LogP contribution in [0.2, 0.25) is 0 Å². The fraction of sp³-hybridized carbons (Fsp3) is 0.500. The molecule has 1 heterocycles. The van der Waals surface area contributed by atoms with Crippen LogP contribution in [0.4, 0.5) is 5.69 Å². The van der Waals surface area contributed by atoms with Gasteiger partial charge in [0.2, 0.25) is 11.8 Å². The molecule has 1 unspecified atom stereocenters. The van der Waals surface area contributed by atoms with Crippen LogP contribution in [0.15, 0.2) is 24.3 Å². The third kappa shape index (κ3) is 5.45. The summed E-state index contributed by atoms with van der Waals surface area (Å²) in [6.07, 6.45) is 2.25. The van der Waals surface area contributed by atoms with Crippen molar-refractivity contribution in [3.8, 4) is 0 Å². The minimum Gasteiger partial charge on any atom is -0.376 e. The number of carbonyl (C=O) groups is 3. The Morgan fingerprint density at radius 3 is 2.71 bits per heavy atom. The van der Waals surface area contributed by atoms with Crippen LogP contribution in [0, 0.1) is 0 Å². The van der Waals surface area contributed by atoms with Crippen LogP contribution in [0.5, 0.6) is 0 Å². The minimum absolute atomic E-state index is 0.0505. The minimum atomic E-state index is -0.186. The van der Waals surface area contributed by atoms with E-state index in [9.17, 15) is 14.4 Å². The highest BCUT2D eigenvalue weighted by Crippen LogP contribution is 2.14. The van der Waals surface area contributed by atoms with Gasteiger partial charge in [0.1, 0.15) is 0 Å². The van der Waals surface area contributed by atoms with E-state index in [1.165, 1.54) is 13.8 Å². The predicted molar refractivity (Wildman–Crippen MR) is 90.9 cm³/mol. The second-order valence-electron chi connectivity index (χ2n) is 6.04. The number of carbonyl (C=O) groups excluding carboxylic acids is 3. The lowest BCUT2D eigenvalue weighted by Crippen LogP contribution is -2.37. The molecular formula is C18H24N2O4. The third-order valence-corrected chi connectivity index (χ3v) is 4.05. The molecule has 1 aliphatic heterocycles. The molecule has 6 nitrogen and oxygen atoms in total. The van der Waals surface area contributed by atoms with Gasteiger partial charge in [-0.2, -0.15) is 0 Å². The summed E-state index contributed by atoms with van der Waals surface area (Å²) in [7, 11) is 0. The molecule has 0 aromatic heterocycles. The van der Waals surface area contributed by atoms with Crippen LogP contribution in [0.3, 0.4) is 0 Å². The summed E-state index contributed by atoms with van der Waals surface area (Å²) in [6.45, 7) is 4.61. The highest BCUT2D eigenvalue weighted by atomic mass is 16.5. The van der Waals surface area contributed by atoms with Gasteiger partial charge >= 0.3 is 0 Å². The van der Waals surface area contributed by atoms with Gasteiger partial charge in [0, 0.05) is 44.3 Å². The number of rotatable bonds is 7. The van der Waals surface area contributed by atoms with Gasteiger partial charge in [-0.15, -0.1) is 0 Å². The zero-order chi connectivity index (χ0) is 17.5. The van der Waals surface area contributed by atoms with E-state index in [0.29, 0.717) is 24.3 Å². The largest absolute Gasteiger partial charge is 0.376 e. The van der Waals surface area contributed by atoms with Crippen molar-refractivity contribution in [3.63, 3.8) is 0 Å². The van der Waals surface area contributed by atoms with Gasteiger partial charge in [0.25, 0.3) is 0 Å². The van der Waals surface area contributed by atoms with E-state index in [0.717, 1.165) is 19.4 Å². The Labute approximate surface area is 142 Å². The number of hydrogen-bond donors (Lipinski definition) is 1. The molecular weight excluding hydrogens is 308 g/mol. The van der Waals surface area contributed by atoms with Crippen LogP contribution in [0.1, 0.15) is 43.5 Å². The number of hydrogen-bond acceptors (Lipinski definition) is 4. The summed E-state index contributed by atoms with van der Waals surface area (Å²) >= 11 is 0. The highest BCUT2D eigenvalue weighted by Gasteiger charge is 2.21. The van der Waals surface area contributed by atoms with E-state index in [1.54, 1.807) is 29.2 Å². The van der Waals surface area contributed by atoms with Gasteiger partial charge < -0.3 is 15.0 Å². The Morgan fingerprint density at radius 2 is 2.08 bits per heavy atom. The maximum Gasteiger partial charge on any atom is 0.226 e. The van der Waals surface area contributed by atoms with Crippen molar-refractivity contribution in [2.45, 2.75) is 39.2 Å².